The fourth-order valence-corrected chi connectivity index (χ4v) is 2.68. The van der Waals surface area contributed by atoms with E-state index in [0.717, 1.165) is 16.8 Å². The van der Waals surface area contributed by atoms with Crippen LogP contribution in [-0.4, -0.2) is 30.4 Å². The van der Waals surface area contributed by atoms with Crippen molar-refractivity contribution in [3.63, 3.8) is 0 Å². The van der Waals surface area contributed by atoms with Crippen LogP contribution >= 0.6 is 0 Å². The lowest BCUT2D eigenvalue weighted by molar-refractivity contribution is 0.0743. The molecule has 6 nitrogen and oxygen atoms in total. The van der Waals surface area contributed by atoms with E-state index < -0.39 is 0 Å². The summed E-state index contributed by atoms with van der Waals surface area (Å²) in [7, 11) is 0. The number of amides is 1. The lowest BCUT2D eigenvalue weighted by Gasteiger charge is -2.14. The summed E-state index contributed by atoms with van der Waals surface area (Å²) in [5.41, 5.74) is 4.41. The zero-order valence-corrected chi connectivity index (χ0v) is 11.5. The molecule has 3 aromatic rings. The number of nitrogens with zero attached hydrogens (tertiary/aromatic N) is 5. The maximum Gasteiger partial charge on any atom is 0.274 e. The van der Waals surface area contributed by atoms with Crippen molar-refractivity contribution in [2.45, 2.75) is 20.0 Å². The number of fused-ring (bicyclic) bond motifs is 2. The van der Waals surface area contributed by atoms with Gasteiger partial charge in [0.1, 0.15) is 0 Å². The van der Waals surface area contributed by atoms with Gasteiger partial charge in [-0.1, -0.05) is 0 Å². The van der Waals surface area contributed by atoms with Gasteiger partial charge in [0.15, 0.2) is 11.3 Å². The summed E-state index contributed by atoms with van der Waals surface area (Å²) < 4.78 is 1.58. The van der Waals surface area contributed by atoms with Gasteiger partial charge in [0, 0.05) is 31.2 Å². The number of carbonyl (C=O) groups is 1. The maximum absolute atomic E-state index is 12.7. The zero-order valence-electron chi connectivity index (χ0n) is 11.5. The first-order valence-electron chi connectivity index (χ1n) is 6.75. The van der Waals surface area contributed by atoms with Gasteiger partial charge in [-0.2, -0.15) is 5.10 Å². The van der Waals surface area contributed by atoms with Gasteiger partial charge in [-0.15, -0.1) is 0 Å². The van der Waals surface area contributed by atoms with Gasteiger partial charge in [0.2, 0.25) is 0 Å². The van der Waals surface area contributed by atoms with Crippen LogP contribution in [0.4, 0.5) is 0 Å². The number of aryl methyl sites for hydroxylation is 1. The minimum absolute atomic E-state index is 0.0601. The van der Waals surface area contributed by atoms with Crippen LogP contribution < -0.4 is 0 Å². The van der Waals surface area contributed by atoms with Gasteiger partial charge in [0.25, 0.3) is 5.91 Å². The van der Waals surface area contributed by atoms with Gasteiger partial charge < -0.3 is 4.90 Å². The van der Waals surface area contributed by atoms with Crippen LogP contribution in [0, 0.1) is 6.92 Å². The standard InChI is InChI=1S/C15H13N5O/c1-10-5-11-8-19(9-12(11)6-16-10)15(21)13-7-17-14-3-2-4-18-20(13)14/h2-7H,8-9H2,1H3. The molecule has 0 unspecified atom stereocenters. The molecule has 0 spiro atoms. The second kappa shape index (κ2) is 4.37. The molecule has 6 heteroatoms. The summed E-state index contributed by atoms with van der Waals surface area (Å²) in [5.74, 6) is -0.0601. The number of carbonyl (C=O) groups excluding carboxylic acids is 1. The summed E-state index contributed by atoms with van der Waals surface area (Å²) in [6.07, 6.45) is 5.08. The normalized spacial score (nSPS) is 13.7. The Labute approximate surface area is 121 Å². The van der Waals surface area contributed by atoms with Crippen molar-refractivity contribution in [3.05, 3.63) is 59.3 Å². The molecule has 0 radical (unpaired) electrons. The molecule has 1 aliphatic heterocycles. The topological polar surface area (TPSA) is 63.4 Å². The molecule has 21 heavy (non-hydrogen) atoms. The number of hydrogen-bond acceptors (Lipinski definition) is 4. The number of imidazole rings is 1. The number of pyridine rings is 1. The molecule has 4 heterocycles. The Morgan fingerprint density at radius 3 is 2.95 bits per heavy atom. The first kappa shape index (κ1) is 12.0. The van der Waals surface area contributed by atoms with Gasteiger partial charge in [0.05, 0.1) is 6.20 Å². The molecule has 0 atom stereocenters. The highest BCUT2D eigenvalue weighted by Gasteiger charge is 2.26. The summed E-state index contributed by atoms with van der Waals surface area (Å²) in [4.78, 5) is 23.0. The van der Waals surface area contributed by atoms with Gasteiger partial charge >= 0.3 is 0 Å². The Kier molecular flexibility index (Phi) is 2.50. The maximum atomic E-state index is 12.7. The molecule has 0 fully saturated rings. The van der Waals surface area contributed by atoms with Crippen LogP contribution in [0.1, 0.15) is 27.3 Å². The average molecular weight is 279 g/mol. The van der Waals surface area contributed by atoms with E-state index in [2.05, 4.69) is 15.1 Å². The van der Waals surface area contributed by atoms with Crippen molar-refractivity contribution in [1.82, 2.24) is 24.5 Å². The predicted molar refractivity (Wildman–Crippen MR) is 75.5 cm³/mol. The van der Waals surface area contributed by atoms with Crippen LogP contribution in [0.15, 0.2) is 36.8 Å². The van der Waals surface area contributed by atoms with Crippen LogP contribution in [0.5, 0.6) is 0 Å². The number of aromatic nitrogens is 4. The monoisotopic (exact) mass is 279 g/mol. The van der Waals surface area contributed by atoms with E-state index in [9.17, 15) is 4.79 Å². The molecule has 0 saturated heterocycles. The molecular weight excluding hydrogens is 266 g/mol. The Balaban J connectivity index is 1.68. The highest BCUT2D eigenvalue weighted by Crippen LogP contribution is 2.24. The van der Waals surface area contributed by atoms with E-state index in [4.69, 9.17) is 0 Å². The predicted octanol–water partition coefficient (Wildman–Crippen LogP) is 1.59. The minimum Gasteiger partial charge on any atom is -0.329 e. The molecule has 0 bridgehead atoms. The molecule has 0 N–H and O–H groups in total. The summed E-state index contributed by atoms with van der Waals surface area (Å²) >= 11 is 0. The highest BCUT2D eigenvalue weighted by molar-refractivity contribution is 5.93. The lowest BCUT2D eigenvalue weighted by atomic mass is 10.2. The largest absolute Gasteiger partial charge is 0.329 e. The van der Waals surface area contributed by atoms with E-state index in [1.807, 2.05) is 25.3 Å². The molecule has 3 aromatic heterocycles. The fourth-order valence-electron chi connectivity index (χ4n) is 2.68. The van der Waals surface area contributed by atoms with Gasteiger partial charge in [-0.05, 0) is 36.2 Å². The van der Waals surface area contributed by atoms with Crippen molar-refractivity contribution in [1.29, 1.82) is 0 Å². The van der Waals surface area contributed by atoms with E-state index in [-0.39, 0.29) is 5.91 Å². The third kappa shape index (κ3) is 1.87. The van der Waals surface area contributed by atoms with Crippen LogP contribution in [0.25, 0.3) is 5.65 Å². The van der Waals surface area contributed by atoms with Crippen molar-refractivity contribution < 1.29 is 4.79 Å². The first-order valence-corrected chi connectivity index (χ1v) is 6.75. The van der Waals surface area contributed by atoms with E-state index in [1.165, 1.54) is 0 Å². The third-order valence-electron chi connectivity index (χ3n) is 3.73. The van der Waals surface area contributed by atoms with Crippen LogP contribution in [0.3, 0.4) is 0 Å². The fraction of sp³-hybridized carbons (Fsp3) is 0.200. The quantitative estimate of drug-likeness (QED) is 0.678. The van der Waals surface area contributed by atoms with Gasteiger partial charge in [-0.25, -0.2) is 9.50 Å². The van der Waals surface area contributed by atoms with Crippen LogP contribution in [-0.2, 0) is 13.1 Å². The SMILES string of the molecule is Cc1cc2c(cn1)CN(C(=O)c1cnc3cccnn13)C2. The van der Waals surface area contributed by atoms with E-state index >= 15 is 0 Å². The molecule has 0 aromatic carbocycles. The molecular formula is C15H13N5O. The van der Waals surface area contributed by atoms with Crippen molar-refractivity contribution >= 4 is 11.6 Å². The summed E-state index contributed by atoms with van der Waals surface area (Å²) in [5, 5.41) is 4.19. The summed E-state index contributed by atoms with van der Waals surface area (Å²) in [6.45, 7) is 3.15. The van der Waals surface area contributed by atoms with E-state index in [1.54, 1.807) is 27.9 Å². The molecule has 104 valence electrons. The lowest BCUT2D eigenvalue weighted by Crippen LogP contribution is -2.26. The molecule has 1 aliphatic rings. The van der Waals surface area contributed by atoms with Crippen molar-refractivity contribution in [2.75, 3.05) is 0 Å². The van der Waals surface area contributed by atoms with Crippen molar-refractivity contribution in [2.24, 2.45) is 0 Å². The Bertz CT molecular complexity index is 854. The smallest absolute Gasteiger partial charge is 0.274 e. The molecule has 0 aliphatic carbocycles. The second-order valence-corrected chi connectivity index (χ2v) is 5.19. The Hall–Kier alpha value is -2.76. The van der Waals surface area contributed by atoms with E-state index in [0.29, 0.717) is 24.4 Å². The molecule has 0 saturated carbocycles. The minimum atomic E-state index is -0.0601. The Morgan fingerprint density at radius 1 is 1.19 bits per heavy atom. The van der Waals surface area contributed by atoms with Crippen LogP contribution in [0.2, 0.25) is 0 Å². The highest BCUT2D eigenvalue weighted by atomic mass is 16.2. The number of rotatable bonds is 1. The second-order valence-electron chi connectivity index (χ2n) is 5.19. The number of hydrogen-bond donors (Lipinski definition) is 0. The van der Waals surface area contributed by atoms with Crippen molar-refractivity contribution in [3.8, 4) is 0 Å². The third-order valence-corrected chi connectivity index (χ3v) is 3.73. The zero-order chi connectivity index (χ0) is 14.4. The molecule has 4 rings (SSSR count). The first-order chi connectivity index (χ1) is 10.2. The molecule has 1 amide bonds. The van der Waals surface area contributed by atoms with Gasteiger partial charge in [-0.3, -0.25) is 9.78 Å². The Morgan fingerprint density at radius 2 is 2.05 bits per heavy atom. The summed E-state index contributed by atoms with van der Waals surface area (Å²) in [6, 6.07) is 5.67. The average Bonchev–Trinajstić information content (AvgIpc) is 3.09.